The van der Waals surface area contributed by atoms with Crippen molar-refractivity contribution < 1.29 is 24.0 Å². The summed E-state index contributed by atoms with van der Waals surface area (Å²) >= 11 is 5.47. The van der Waals surface area contributed by atoms with Crippen molar-refractivity contribution in [1.29, 1.82) is 0 Å². The van der Waals surface area contributed by atoms with E-state index < -0.39 is 33.2 Å². The van der Waals surface area contributed by atoms with E-state index in [0.29, 0.717) is 6.07 Å². The largest absolute Gasteiger partial charge is 0.478 e. The number of carboxylic acids is 1. The molecule has 0 unspecified atom stereocenters. The first kappa shape index (κ1) is 14.7. The SMILES string of the molecule is O=C(O)c1ccncc1Oc1cc(F)c(Cl)cc1[N+](=O)[O-]. The maximum absolute atomic E-state index is 13.4. The standard InChI is InChI=1S/C12H6ClFN2O5/c13-7-3-9(16(19)20)10(4-8(7)14)21-11-5-15-2-1-6(11)12(17)18/h1-5H,(H,17,18). The summed E-state index contributed by atoms with van der Waals surface area (Å²) in [6, 6.07) is 2.64. The Morgan fingerprint density at radius 2 is 2.14 bits per heavy atom. The average molecular weight is 313 g/mol. The van der Waals surface area contributed by atoms with Crippen molar-refractivity contribution in [1.82, 2.24) is 4.98 Å². The van der Waals surface area contributed by atoms with Gasteiger partial charge >= 0.3 is 11.7 Å². The monoisotopic (exact) mass is 312 g/mol. The molecule has 0 spiro atoms. The van der Waals surface area contributed by atoms with Gasteiger partial charge in [0.15, 0.2) is 5.75 Å². The fourth-order valence-electron chi connectivity index (χ4n) is 1.50. The number of ether oxygens (including phenoxy) is 1. The number of benzene rings is 1. The second kappa shape index (κ2) is 5.71. The van der Waals surface area contributed by atoms with Crippen LogP contribution in [0.3, 0.4) is 0 Å². The summed E-state index contributed by atoms with van der Waals surface area (Å²) < 4.78 is 18.5. The molecule has 0 aliphatic heterocycles. The van der Waals surface area contributed by atoms with Gasteiger partial charge in [0.1, 0.15) is 11.4 Å². The third-order valence-electron chi connectivity index (χ3n) is 2.43. The van der Waals surface area contributed by atoms with Crippen molar-refractivity contribution in [2.75, 3.05) is 0 Å². The normalized spacial score (nSPS) is 10.2. The van der Waals surface area contributed by atoms with Gasteiger partial charge in [-0.1, -0.05) is 11.6 Å². The van der Waals surface area contributed by atoms with E-state index in [1.54, 1.807) is 0 Å². The van der Waals surface area contributed by atoms with Crippen LogP contribution in [0.15, 0.2) is 30.6 Å². The summed E-state index contributed by atoms with van der Waals surface area (Å²) in [7, 11) is 0. The lowest BCUT2D eigenvalue weighted by molar-refractivity contribution is -0.385. The van der Waals surface area contributed by atoms with Crippen LogP contribution >= 0.6 is 11.6 Å². The third-order valence-corrected chi connectivity index (χ3v) is 2.72. The highest BCUT2D eigenvalue weighted by Crippen LogP contribution is 2.36. The molecule has 0 saturated carbocycles. The van der Waals surface area contributed by atoms with Crippen LogP contribution in [-0.2, 0) is 0 Å². The molecule has 2 aromatic rings. The Bertz CT molecular complexity index is 738. The quantitative estimate of drug-likeness (QED) is 0.686. The molecule has 1 aromatic carbocycles. The predicted molar refractivity (Wildman–Crippen MR) is 69.3 cm³/mol. The summed E-state index contributed by atoms with van der Waals surface area (Å²) in [5, 5.41) is 19.4. The summed E-state index contributed by atoms with van der Waals surface area (Å²) in [6.07, 6.45) is 2.27. The van der Waals surface area contributed by atoms with E-state index in [2.05, 4.69) is 4.98 Å². The Morgan fingerprint density at radius 1 is 1.43 bits per heavy atom. The number of pyridine rings is 1. The average Bonchev–Trinajstić information content (AvgIpc) is 2.42. The second-order valence-electron chi connectivity index (χ2n) is 3.77. The molecule has 0 radical (unpaired) electrons. The Hall–Kier alpha value is -2.74. The molecule has 0 aliphatic carbocycles. The number of rotatable bonds is 4. The first-order valence-electron chi connectivity index (χ1n) is 5.38. The molecule has 1 N–H and O–H groups in total. The van der Waals surface area contributed by atoms with Crippen LogP contribution in [0.5, 0.6) is 11.5 Å². The Labute approximate surface area is 121 Å². The lowest BCUT2D eigenvalue weighted by Gasteiger charge is -2.09. The summed E-state index contributed by atoms with van der Waals surface area (Å²) in [5.74, 6) is -2.98. The van der Waals surface area contributed by atoms with Gasteiger partial charge in [0.25, 0.3) is 0 Å². The highest BCUT2D eigenvalue weighted by atomic mass is 35.5. The molecule has 7 nitrogen and oxygen atoms in total. The minimum atomic E-state index is -1.32. The number of nitrogens with zero attached hydrogens (tertiary/aromatic N) is 2. The van der Waals surface area contributed by atoms with Gasteiger partial charge in [-0.2, -0.15) is 0 Å². The van der Waals surface area contributed by atoms with E-state index in [-0.39, 0.29) is 11.3 Å². The Morgan fingerprint density at radius 3 is 2.76 bits per heavy atom. The Kier molecular flexibility index (Phi) is 3.99. The van der Waals surface area contributed by atoms with Crippen LogP contribution in [0.1, 0.15) is 10.4 Å². The molecule has 0 saturated heterocycles. The molecule has 0 amide bonds. The van der Waals surface area contributed by atoms with Crippen LogP contribution in [0, 0.1) is 15.9 Å². The van der Waals surface area contributed by atoms with Crippen LogP contribution in [0.2, 0.25) is 5.02 Å². The lowest BCUT2D eigenvalue weighted by Crippen LogP contribution is -2.02. The van der Waals surface area contributed by atoms with E-state index in [4.69, 9.17) is 21.4 Å². The fraction of sp³-hybridized carbons (Fsp3) is 0. The topological polar surface area (TPSA) is 103 Å². The zero-order valence-electron chi connectivity index (χ0n) is 10.1. The van der Waals surface area contributed by atoms with Crippen molar-refractivity contribution in [2.24, 2.45) is 0 Å². The smallest absolute Gasteiger partial charge is 0.339 e. The molecule has 1 heterocycles. The first-order chi connectivity index (χ1) is 9.90. The molecule has 108 valence electrons. The minimum Gasteiger partial charge on any atom is -0.478 e. The Balaban J connectivity index is 2.52. The zero-order chi connectivity index (χ0) is 15.6. The number of aromatic carboxylic acids is 1. The van der Waals surface area contributed by atoms with Crippen molar-refractivity contribution in [3.05, 3.63) is 57.1 Å². The lowest BCUT2D eigenvalue weighted by atomic mass is 10.2. The van der Waals surface area contributed by atoms with Gasteiger partial charge in [-0.25, -0.2) is 9.18 Å². The molecule has 21 heavy (non-hydrogen) atoms. The minimum absolute atomic E-state index is 0.255. The third kappa shape index (κ3) is 3.06. The predicted octanol–water partition coefficient (Wildman–Crippen LogP) is 3.27. The highest BCUT2D eigenvalue weighted by Gasteiger charge is 2.22. The zero-order valence-corrected chi connectivity index (χ0v) is 10.9. The molecule has 0 bridgehead atoms. The fourth-order valence-corrected chi connectivity index (χ4v) is 1.66. The van der Waals surface area contributed by atoms with Gasteiger partial charge < -0.3 is 9.84 Å². The number of carboxylic acid groups (broad SMARTS) is 1. The van der Waals surface area contributed by atoms with Crippen LogP contribution in [0.4, 0.5) is 10.1 Å². The molecule has 2 rings (SSSR count). The molecular weight excluding hydrogens is 307 g/mol. The maximum Gasteiger partial charge on any atom is 0.339 e. The number of hydrogen-bond acceptors (Lipinski definition) is 5. The van der Waals surface area contributed by atoms with Gasteiger partial charge in [0, 0.05) is 18.3 Å². The number of nitro benzene ring substituents is 1. The van der Waals surface area contributed by atoms with Crippen LogP contribution in [-0.4, -0.2) is 21.0 Å². The molecule has 9 heteroatoms. The van der Waals surface area contributed by atoms with Crippen LogP contribution in [0.25, 0.3) is 0 Å². The number of nitro groups is 1. The van der Waals surface area contributed by atoms with E-state index in [0.717, 1.165) is 18.3 Å². The number of hydrogen-bond donors (Lipinski definition) is 1. The van der Waals surface area contributed by atoms with E-state index in [9.17, 15) is 19.3 Å². The van der Waals surface area contributed by atoms with E-state index in [1.165, 1.54) is 6.20 Å². The maximum atomic E-state index is 13.4. The van der Waals surface area contributed by atoms with Crippen molar-refractivity contribution in [3.8, 4) is 11.5 Å². The van der Waals surface area contributed by atoms with Crippen LogP contribution < -0.4 is 4.74 Å². The summed E-state index contributed by atoms with van der Waals surface area (Å²) in [4.78, 5) is 24.8. The number of carbonyl (C=O) groups is 1. The van der Waals surface area contributed by atoms with E-state index in [1.807, 2.05) is 0 Å². The van der Waals surface area contributed by atoms with Gasteiger partial charge in [-0.3, -0.25) is 15.1 Å². The van der Waals surface area contributed by atoms with Crippen molar-refractivity contribution >= 4 is 23.3 Å². The molecule has 0 fully saturated rings. The molecular formula is C12H6ClFN2O5. The van der Waals surface area contributed by atoms with Gasteiger partial charge in [-0.15, -0.1) is 0 Å². The molecule has 0 aliphatic rings. The van der Waals surface area contributed by atoms with Gasteiger partial charge in [0.2, 0.25) is 5.75 Å². The number of halogens is 2. The first-order valence-corrected chi connectivity index (χ1v) is 5.76. The summed E-state index contributed by atoms with van der Waals surface area (Å²) in [6.45, 7) is 0. The molecule has 0 atom stereocenters. The van der Waals surface area contributed by atoms with Crippen molar-refractivity contribution in [2.45, 2.75) is 0 Å². The van der Waals surface area contributed by atoms with Gasteiger partial charge in [-0.05, 0) is 6.07 Å². The van der Waals surface area contributed by atoms with Crippen molar-refractivity contribution in [3.63, 3.8) is 0 Å². The highest BCUT2D eigenvalue weighted by molar-refractivity contribution is 6.31. The summed E-state index contributed by atoms with van der Waals surface area (Å²) in [5.41, 5.74) is -0.865. The number of aromatic nitrogens is 1. The molecule has 1 aromatic heterocycles. The second-order valence-corrected chi connectivity index (χ2v) is 4.18. The van der Waals surface area contributed by atoms with E-state index >= 15 is 0 Å². The van der Waals surface area contributed by atoms with Gasteiger partial charge in [0.05, 0.1) is 16.1 Å².